The smallest absolute Gasteiger partial charge is 0.241 e. The van der Waals surface area contributed by atoms with Gasteiger partial charge in [-0.1, -0.05) is 12.2 Å². The van der Waals surface area contributed by atoms with Crippen molar-refractivity contribution in [3.8, 4) is 0 Å². The number of rotatable bonds is 1. The summed E-state index contributed by atoms with van der Waals surface area (Å²) < 4.78 is 5.76. The Labute approximate surface area is 109 Å². The molecule has 0 unspecified atom stereocenters. The van der Waals surface area contributed by atoms with Gasteiger partial charge in [0.1, 0.15) is 0 Å². The largest absolute Gasteiger partial charge is 0.362 e. The Morgan fingerprint density at radius 3 is 2.68 bits per heavy atom. The highest BCUT2D eigenvalue weighted by atomic mass is 16.5. The van der Waals surface area contributed by atoms with Crippen molar-refractivity contribution in [2.24, 2.45) is 11.8 Å². The van der Waals surface area contributed by atoms with Gasteiger partial charge in [-0.25, -0.2) is 4.90 Å². The van der Waals surface area contributed by atoms with Crippen LogP contribution in [0.5, 0.6) is 0 Å². The average molecular weight is 256 g/mol. The van der Waals surface area contributed by atoms with Gasteiger partial charge < -0.3 is 4.74 Å². The molecule has 5 heteroatoms. The van der Waals surface area contributed by atoms with E-state index in [2.05, 4.69) is 4.98 Å². The Morgan fingerprint density at radius 1 is 1.26 bits per heavy atom. The maximum absolute atomic E-state index is 12.6. The number of ether oxygens (including phenoxy) is 1. The second kappa shape index (κ2) is 3.30. The minimum atomic E-state index is -0.635. The SMILES string of the molecule is C[C@@]12C=C[C@@H](O1)[C@H]1C(=O)N(c3ccncc3)C(=O)[C@@H]12. The Hall–Kier alpha value is -2.01. The van der Waals surface area contributed by atoms with Gasteiger partial charge in [-0.05, 0) is 19.1 Å². The number of aromatic nitrogens is 1. The van der Waals surface area contributed by atoms with E-state index in [-0.39, 0.29) is 23.8 Å². The Bertz CT molecular complexity index is 612. The summed E-state index contributed by atoms with van der Waals surface area (Å²) in [6.45, 7) is 1.87. The molecule has 2 bridgehead atoms. The van der Waals surface area contributed by atoms with Crippen molar-refractivity contribution in [3.05, 3.63) is 36.7 Å². The van der Waals surface area contributed by atoms with Crippen LogP contribution in [0.1, 0.15) is 6.92 Å². The molecule has 2 amide bonds. The third kappa shape index (κ3) is 1.20. The molecule has 0 spiro atoms. The van der Waals surface area contributed by atoms with Crippen LogP contribution in [0.15, 0.2) is 36.7 Å². The van der Waals surface area contributed by atoms with E-state index in [0.717, 1.165) is 0 Å². The quantitative estimate of drug-likeness (QED) is 0.553. The molecule has 4 heterocycles. The van der Waals surface area contributed by atoms with Crippen LogP contribution in [-0.2, 0) is 14.3 Å². The van der Waals surface area contributed by atoms with E-state index in [9.17, 15) is 9.59 Å². The number of fused-ring (bicyclic) bond motifs is 5. The first-order valence-corrected chi connectivity index (χ1v) is 6.27. The van der Waals surface area contributed by atoms with Gasteiger partial charge in [0.15, 0.2) is 0 Å². The predicted molar refractivity (Wildman–Crippen MR) is 66.1 cm³/mol. The standard InChI is InChI=1S/C14H12N2O3/c1-14-5-2-9(19-14)10-11(14)13(18)16(12(10)17)8-3-6-15-7-4-8/h2-7,9-11H,1H3/t9-,10-,11-,14+/m1/s1. The summed E-state index contributed by atoms with van der Waals surface area (Å²) in [5.74, 6) is -1.12. The molecule has 0 radical (unpaired) electrons. The van der Waals surface area contributed by atoms with E-state index in [1.54, 1.807) is 24.5 Å². The van der Waals surface area contributed by atoms with Gasteiger partial charge in [-0.15, -0.1) is 0 Å². The minimum Gasteiger partial charge on any atom is -0.362 e. The monoisotopic (exact) mass is 256 g/mol. The maximum atomic E-state index is 12.6. The molecular weight excluding hydrogens is 244 g/mol. The lowest BCUT2D eigenvalue weighted by Crippen LogP contribution is -2.38. The molecule has 0 aromatic carbocycles. The van der Waals surface area contributed by atoms with Crippen molar-refractivity contribution in [1.82, 2.24) is 4.98 Å². The van der Waals surface area contributed by atoms with Crippen molar-refractivity contribution in [2.45, 2.75) is 18.6 Å². The highest BCUT2D eigenvalue weighted by Gasteiger charge is 2.65. The van der Waals surface area contributed by atoms with Gasteiger partial charge in [-0.2, -0.15) is 0 Å². The molecule has 1 aromatic heterocycles. The zero-order valence-electron chi connectivity index (χ0n) is 10.3. The molecule has 0 saturated carbocycles. The summed E-state index contributed by atoms with van der Waals surface area (Å²) in [5, 5.41) is 0. The van der Waals surface area contributed by atoms with Crippen LogP contribution in [-0.4, -0.2) is 28.5 Å². The lowest BCUT2D eigenvalue weighted by molar-refractivity contribution is -0.126. The molecule has 5 nitrogen and oxygen atoms in total. The van der Waals surface area contributed by atoms with Gasteiger partial charge in [0, 0.05) is 12.4 Å². The number of nitrogens with zero attached hydrogens (tertiary/aromatic N) is 2. The number of hydrogen-bond acceptors (Lipinski definition) is 4. The minimum absolute atomic E-state index is 0.167. The van der Waals surface area contributed by atoms with Crippen molar-refractivity contribution in [3.63, 3.8) is 0 Å². The first-order chi connectivity index (χ1) is 9.12. The summed E-state index contributed by atoms with van der Waals surface area (Å²) in [7, 11) is 0. The van der Waals surface area contributed by atoms with E-state index in [0.29, 0.717) is 5.69 Å². The summed E-state index contributed by atoms with van der Waals surface area (Å²) >= 11 is 0. The lowest BCUT2D eigenvalue weighted by Gasteiger charge is -2.24. The fraction of sp³-hybridized carbons (Fsp3) is 0.357. The summed E-state index contributed by atoms with van der Waals surface area (Å²) in [6.07, 6.45) is 6.69. The average Bonchev–Trinajstić information content (AvgIpc) is 3.00. The molecule has 3 aliphatic heterocycles. The number of imide groups is 1. The van der Waals surface area contributed by atoms with E-state index in [1.807, 2.05) is 19.1 Å². The van der Waals surface area contributed by atoms with E-state index in [1.165, 1.54) is 4.90 Å². The lowest BCUT2D eigenvalue weighted by atomic mass is 9.78. The van der Waals surface area contributed by atoms with Crippen LogP contribution in [0.3, 0.4) is 0 Å². The number of pyridine rings is 1. The number of amides is 2. The van der Waals surface area contributed by atoms with Gasteiger partial charge >= 0.3 is 0 Å². The van der Waals surface area contributed by atoms with Crippen molar-refractivity contribution < 1.29 is 14.3 Å². The van der Waals surface area contributed by atoms with Gasteiger partial charge in [0.05, 0.1) is 29.2 Å². The van der Waals surface area contributed by atoms with Crippen molar-refractivity contribution >= 4 is 17.5 Å². The Balaban J connectivity index is 1.80. The van der Waals surface area contributed by atoms with Crippen LogP contribution in [0, 0.1) is 11.8 Å². The molecule has 4 rings (SSSR count). The molecule has 3 aliphatic rings. The van der Waals surface area contributed by atoms with E-state index in [4.69, 9.17) is 4.74 Å². The van der Waals surface area contributed by atoms with Crippen LogP contribution < -0.4 is 4.90 Å². The van der Waals surface area contributed by atoms with Crippen molar-refractivity contribution in [2.75, 3.05) is 4.90 Å². The summed E-state index contributed by atoms with van der Waals surface area (Å²) in [6, 6.07) is 3.35. The van der Waals surface area contributed by atoms with Gasteiger partial charge in [-0.3, -0.25) is 14.6 Å². The third-order valence-corrected chi connectivity index (χ3v) is 4.25. The maximum Gasteiger partial charge on any atom is 0.241 e. The molecule has 2 fully saturated rings. The van der Waals surface area contributed by atoms with Gasteiger partial charge in [0.25, 0.3) is 0 Å². The molecule has 1 aromatic rings. The molecule has 4 atom stereocenters. The number of carbonyl (C=O) groups is 2. The molecule has 0 aliphatic carbocycles. The molecule has 2 saturated heterocycles. The number of hydrogen-bond donors (Lipinski definition) is 0. The summed E-state index contributed by atoms with van der Waals surface area (Å²) in [4.78, 5) is 30.2. The van der Waals surface area contributed by atoms with Crippen molar-refractivity contribution in [1.29, 1.82) is 0 Å². The number of carbonyl (C=O) groups excluding carboxylic acids is 2. The van der Waals surface area contributed by atoms with Crippen LogP contribution in [0.4, 0.5) is 5.69 Å². The fourth-order valence-corrected chi connectivity index (χ4v) is 3.40. The Morgan fingerprint density at radius 2 is 2.00 bits per heavy atom. The van der Waals surface area contributed by atoms with E-state index < -0.39 is 11.5 Å². The Kier molecular flexibility index (Phi) is 1.89. The molecule has 0 N–H and O–H groups in total. The second-order valence-electron chi connectivity index (χ2n) is 5.35. The fourth-order valence-electron chi connectivity index (χ4n) is 3.40. The first-order valence-electron chi connectivity index (χ1n) is 6.27. The van der Waals surface area contributed by atoms with Gasteiger partial charge in [0.2, 0.25) is 11.8 Å². The first kappa shape index (κ1) is 10.9. The highest BCUT2D eigenvalue weighted by Crippen LogP contribution is 2.52. The third-order valence-electron chi connectivity index (χ3n) is 4.25. The van der Waals surface area contributed by atoms with Crippen LogP contribution in [0.25, 0.3) is 0 Å². The molecule has 96 valence electrons. The molecular formula is C14H12N2O3. The van der Waals surface area contributed by atoms with Crippen LogP contribution in [0.2, 0.25) is 0 Å². The predicted octanol–water partition coefficient (Wildman–Crippen LogP) is 0.914. The zero-order valence-corrected chi connectivity index (χ0v) is 10.3. The molecule has 19 heavy (non-hydrogen) atoms. The summed E-state index contributed by atoms with van der Waals surface area (Å²) in [5.41, 5.74) is -0.0495. The second-order valence-corrected chi connectivity index (χ2v) is 5.35. The normalized spacial score (nSPS) is 39.2. The number of anilines is 1. The topological polar surface area (TPSA) is 59.5 Å². The van der Waals surface area contributed by atoms with Crippen LogP contribution >= 0.6 is 0 Å². The highest BCUT2D eigenvalue weighted by molar-refractivity contribution is 6.23. The van der Waals surface area contributed by atoms with E-state index >= 15 is 0 Å². The zero-order chi connectivity index (χ0) is 13.2.